The Kier molecular flexibility index (Phi) is 8.18. The van der Waals surface area contributed by atoms with Crippen LogP contribution in [0, 0.1) is 0 Å². The molecule has 0 unspecified atom stereocenters. The van der Waals surface area contributed by atoms with Crippen LogP contribution in [-0.2, 0) is 16.1 Å². The molecule has 8 heteroatoms. The fraction of sp³-hybridized carbons (Fsp3) is 0.333. The van der Waals surface area contributed by atoms with Crippen molar-refractivity contribution in [2.45, 2.75) is 26.4 Å². The summed E-state index contributed by atoms with van der Waals surface area (Å²) in [5.74, 6) is -0.467. The number of halogens is 2. The average molecular weight is 476 g/mol. The maximum absolute atomic E-state index is 13.1. The molecule has 0 spiro atoms. The summed E-state index contributed by atoms with van der Waals surface area (Å²) in [5, 5.41) is 3.68. The van der Waals surface area contributed by atoms with Gasteiger partial charge in [0, 0.05) is 25.3 Å². The molecule has 1 N–H and O–H groups in total. The lowest BCUT2D eigenvalue weighted by atomic mass is 9.94. The van der Waals surface area contributed by atoms with Crippen molar-refractivity contribution in [2.75, 3.05) is 26.7 Å². The average Bonchev–Trinajstić information content (AvgIpc) is 2.76. The van der Waals surface area contributed by atoms with Crippen LogP contribution in [-0.4, -0.2) is 48.5 Å². The zero-order chi connectivity index (χ0) is 23.3. The highest BCUT2D eigenvalue weighted by Gasteiger charge is 2.38. The third kappa shape index (κ3) is 5.44. The van der Waals surface area contributed by atoms with E-state index in [2.05, 4.69) is 10.2 Å². The Labute approximate surface area is 198 Å². The molecule has 0 saturated heterocycles. The van der Waals surface area contributed by atoms with E-state index in [1.165, 1.54) is 0 Å². The van der Waals surface area contributed by atoms with Crippen LogP contribution in [0.2, 0.25) is 10.0 Å². The van der Waals surface area contributed by atoms with Gasteiger partial charge in [0.05, 0.1) is 28.3 Å². The number of esters is 1. The normalized spacial score (nSPS) is 16.4. The van der Waals surface area contributed by atoms with Crippen molar-refractivity contribution in [3.05, 3.63) is 81.0 Å². The van der Waals surface area contributed by atoms with E-state index in [0.29, 0.717) is 46.5 Å². The lowest BCUT2D eigenvalue weighted by Crippen LogP contribution is -2.50. The summed E-state index contributed by atoms with van der Waals surface area (Å²) in [6, 6.07) is 14.1. The first-order valence-electron chi connectivity index (χ1n) is 10.5. The molecule has 3 rings (SSSR count). The maximum atomic E-state index is 13.1. The first-order chi connectivity index (χ1) is 15.3. The number of hydrogen-bond donors (Lipinski definition) is 1. The summed E-state index contributed by atoms with van der Waals surface area (Å²) < 4.78 is 5.39. The molecule has 1 heterocycles. The fourth-order valence-electron chi connectivity index (χ4n) is 3.81. The van der Waals surface area contributed by atoms with Crippen LogP contribution in [0.5, 0.6) is 0 Å². The van der Waals surface area contributed by atoms with E-state index in [1.807, 2.05) is 44.3 Å². The van der Waals surface area contributed by atoms with Crippen LogP contribution in [0.25, 0.3) is 0 Å². The molecule has 2 aromatic rings. The number of amides is 2. The van der Waals surface area contributed by atoms with Gasteiger partial charge in [-0.1, -0.05) is 59.6 Å². The second kappa shape index (κ2) is 10.9. The number of urea groups is 1. The molecule has 170 valence electrons. The molecule has 0 saturated carbocycles. The summed E-state index contributed by atoms with van der Waals surface area (Å²) >= 11 is 12.3. The Morgan fingerprint density at radius 1 is 1.09 bits per heavy atom. The highest BCUT2D eigenvalue weighted by atomic mass is 35.5. The Balaban J connectivity index is 2.06. The lowest BCUT2D eigenvalue weighted by molar-refractivity contribution is -0.139. The van der Waals surface area contributed by atoms with E-state index in [-0.39, 0.29) is 12.6 Å². The van der Waals surface area contributed by atoms with Crippen molar-refractivity contribution in [3.8, 4) is 0 Å². The van der Waals surface area contributed by atoms with Crippen LogP contribution in [0.3, 0.4) is 0 Å². The van der Waals surface area contributed by atoms with Crippen LogP contribution < -0.4 is 5.32 Å². The number of hydrogen-bond acceptors (Lipinski definition) is 4. The molecule has 32 heavy (non-hydrogen) atoms. The summed E-state index contributed by atoms with van der Waals surface area (Å²) in [6.07, 6.45) is 0. The second-order valence-electron chi connectivity index (χ2n) is 7.54. The SMILES string of the molecule is CCOC(=O)C1=C(CN(C)Cc2ccccc2)N(CC)C(=O)N[C@H]1c1ccc(Cl)c(Cl)c1. The smallest absolute Gasteiger partial charge is 0.338 e. The van der Waals surface area contributed by atoms with Crippen LogP contribution in [0.1, 0.15) is 31.0 Å². The van der Waals surface area contributed by atoms with Gasteiger partial charge in [0.1, 0.15) is 0 Å². The number of nitrogens with one attached hydrogen (secondary N) is 1. The molecule has 1 atom stereocenters. The van der Waals surface area contributed by atoms with E-state index in [1.54, 1.807) is 30.0 Å². The molecular weight excluding hydrogens is 449 g/mol. The van der Waals surface area contributed by atoms with E-state index in [9.17, 15) is 9.59 Å². The Morgan fingerprint density at radius 3 is 2.44 bits per heavy atom. The van der Waals surface area contributed by atoms with Crippen molar-refractivity contribution in [1.82, 2.24) is 15.1 Å². The summed E-state index contributed by atoms with van der Waals surface area (Å²) in [6.45, 7) is 5.33. The molecule has 6 nitrogen and oxygen atoms in total. The molecule has 1 aliphatic heterocycles. The van der Waals surface area contributed by atoms with Gasteiger partial charge in [-0.15, -0.1) is 0 Å². The number of carbonyl (C=O) groups is 2. The zero-order valence-electron chi connectivity index (χ0n) is 18.4. The minimum atomic E-state index is -0.695. The molecule has 2 amide bonds. The van der Waals surface area contributed by atoms with Crippen molar-refractivity contribution in [1.29, 1.82) is 0 Å². The van der Waals surface area contributed by atoms with Crippen LogP contribution >= 0.6 is 23.2 Å². The molecular formula is C24H27Cl2N3O3. The largest absolute Gasteiger partial charge is 0.463 e. The maximum Gasteiger partial charge on any atom is 0.338 e. The molecule has 0 bridgehead atoms. The van der Waals surface area contributed by atoms with Gasteiger partial charge in [-0.25, -0.2) is 9.59 Å². The minimum absolute atomic E-state index is 0.226. The van der Waals surface area contributed by atoms with Crippen molar-refractivity contribution >= 4 is 35.2 Å². The minimum Gasteiger partial charge on any atom is -0.463 e. The number of ether oxygens (including phenoxy) is 1. The summed E-state index contributed by atoms with van der Waals surface area (Å²) in [7, 11) is 1.96. The van der Waals surface area contributed by atoms with Gasteiger partial charge in [0.2, 0.25) is 0 Å². The van der Waals surface area contributed by atoms with Crippen LogP contribution in [0.4, 0.5) is 4.79 Å². The number of carbonyl (C=O) groups excluding carboxylic acids is 2. The van der Waals surface area contributed by atoms with Crippen molar-refractivity contribution < 1.29 is 14.3 Å². The highest BCUT2D eigenvalue weighted by molar-refractivity contribution is 6.42. The monoisotopic (exact) mass is 475 g/mol. The van der Waals surface area contributed by atoms with E-state index >= 15 is 0 Å². The van der Waals surface area contributed by atoms with Gasteiger partial charge in [0.25, 0.3) is 0 Å². The van der Waals surface area contributed by atoms with E-state index in [0.717, 1.165) is 5.56 Å². The molecule has 0 radical (unpaired) electrons. The molecule has 0 fully saturated rings. The molecule has 2 aromatic carbocycles. The third-order valence-corrected chi connectivity index (χ3v) is 5.98. The molecule has 1 aliphatic rings. The van der Waals surface area contributed by atoms with Gasteiger partial charge in [-0.2, -0.15) is 0 Å². The van der Waals surface area contributed by atoms with Crippen molar-refractivity contribution in [2.24, 2.45) is 0 Å². The van der Waals surface area contributed by atoms with Crippen molar-refractivity contribution in [3.63, 3.8) is 0 Å². The first-order valence-corrected chi connectivity index (χ1v) is 11.3. The van der Waals surface area contributed by atoms with Gasteiger partial charge in [-0.05, 0) is 44.2 Å². The predicted molar refractivity (Wildman–Crippen MR) is 127 cm³/mol. The molecule has 0 aromatic heterocycles. The second-order valence-corrected chi connectivity index (χ2v) is 8.35. The van der Waals surface area contributed by atoms with Gasteiger partial charge in [0.15, 0.2) is 0 Å². The Bertz CT molecular complexity index is 1010. The van der Waals surface area contributed by atoms with Crippen LogP contribution in [0.15, 0.2) is 59.8 Å². The molecule has 0 aliphatic carbocycles. The standard InChI is InChI=1S/C24H27Cl2N3O3/c1-4-29-20(15-28(3)14-16-9-7-6-8-10-16)21(23(30)32-5-2)22(27-24(29)31)17-11-12-18(25)19(26)13-17/h6-13,22H,4-5,14-15H2,1-3H3,(H,27,31)/t22-/m0/s1. The van der Waals surface area contributed by atoms with Gasteiger partial charge in [-0.3, -0.25) is 9.80 Å². The number of benzene rings is 2. The lowest BCUT2D eigenvalue weighted by Gasteiger charge is -2.37. The van der Waals surface area contributed by atoms with E-state index < -0.39 is 12.0 Å². The third-order valence-electron chi connectivity index (χ3n) is 5.24. The number of nitrogens with zero attached hydrogens (tertiary/aromatic N) is 2. The number of likely N-dealkylation sites (N-methyl/N-ethyl adjacent to an activating group) is 2. The first kappa shape index (κ1) is 24.1. The van der Waals surface area contributed by atoms with Gasteiger partial charge >= 0.3 is 12.0 Å². The number of rotatable bonds is 8. The van der Waals surface area contributed by atoms with Gasteiger partial charge < -0.3 is 10.1 Å². The summed E-state index contributed by atoms with van der Waals surface area (Å²) in [4.78, 5) is 29.8. The topological polar surface area (TPSA) is 61.9 Å². The Morgan fingerprint density at radius 2 is 1.81 bits per heavy atom. The Hall–Kier alpha value is -2.54. The van der Waals surface area contributed by atoms with E-state index in [4.69, 9.17) is 27.9 Å². The highest BCUT2D eigenvalue weighted by Crippen LogP contribution is 2.34. The predicted octanol–water partition coefficient (Wildman–Crippen LogP) is 5.03. The zero-order valence-corrected chi connectivity index (χ0v) is 19.9. The fourth-order valence-corrected chi connectivity index (χ4v) is 4.11. The summed E-state index contributed by atoms with van der Waals surface area (Å²) in [5.41, 5.74) is 2.81. The quantitative estimate of drug-likeness (QED) is 0.543.